The summed E-state index contributed by atoms with van der Waals surface area (Å²) >= 11 is 0. The Balaban J connectivity index is 2.21. The maximum atomic E-state index is 5.80. The van der Waals surface area contributed by atoms with Crippen LogP contribution in [0.1, 0.15) is 37.3 Å². The van der Waals surface area contributed by atoms with Crippen LogP contribution in [0.5, 0.6) is 0 Å². The Labute approximate surface area is 86.3 Å². The van der Waals surface area contributed by atoms with Crippen LogP contribution in [0.25, 0.3) is 0 Å². The van der Waals surface area contributed by atoms with E-state index in [1.54, 1.807) is 0 Å². The second kappa shape index (κ2) is 4.04. The minimum Gasteiger partial charge on any atom is -0.399 e. The second-order valence-electron chi connectivity index (χ2n) is 4.38. The van der Waals surface area contributed by atoms with Crippen LogP contribution in [-0.4, -0.2) is 0 Å². The number of nitrogens with two attached hydrogens (primary N) is 1. The van der Waals surface area contributed by atoms with Crippen molar-refractivity contribution >= 4 is 5.69 Å². The summed E-state index contributed by atoms with van der Waals surface area (Å²) in [6.45, 7) is 2.30. The molecule has 0 aliphatic heterocycles. The second-order valence-corrected chi connectivity index (χ2v) is 4.38. The van der Waals surface area contributed by atoms with Crippen molar-refractivity contribution in [3.63, 3.8) is 0 Å². The van der Waals surface area contributed by atoms with Gasteiger partial charge in [-0.2, -0.15) is 0 Å². The minimum absolute atomic E-state index is 0.915. The number of benzene rings is 1. The zero-order valence-electron chi connectivity index (χ0n) is 8.92. The Hall–Kier alpha value is -0.980. The molecule has 76 valence electrons. The number of nitrogen functional groups attached to an aromatic ring is 1. The fourth-order valence-corrected chi connectivity index (χ4v) is 2.39. The Kier molecular flexibility index (Phi) is 2.76. The van der Waals surface area contributed by atoms with Gasteiger partial charge in [-0.1, -0.05) is 19.4 Å². The third kappa shape index (κ3) is 1.92. The zero-order valence-corrected chi connectivity index (χ0v) is 8.92. The van der Waals surface area contributed by atoms with Gasteiger partial charge in [0.05, 0.1) is 0 Å². The van der Waals surface area contributed by atoms with E-state index < -0.39 is 0 Å². The molecule has 2 rings (SSSR count). The molecule has 1 aromatic rings. The fraction of sp³-hybridized carbons (Fsp3) is 0.538. The van der Waals surface area contributed by atoms with Crippen molar-refractivity contribution in [2.75, 3.05) is 5.73 Å². The van der Waals surface area contributed by atoms with Crippen LogP contribution in [0.4, 0.5) is 5.69 Å². The third-order valence-electron chi connectivity index (χ3n) is 3.45. The van der Waals surface area contributed by atoms with Crippen LogP contribution in [0.2, 0.25) is 0 Å². The van der Waals surface area contributed by atoms with Gasteiger partial charge in [0.2, 0.25) is 0 Å². The van der Waals surface area contributed by atoms with Crippen LogP contribution in [0.15, 0.2) is 18.2 Å². The quantitative estimate of drug-likeness (QED) is 0.533. The minimum atomic E-state index is 0.915. The van der Waals surface area contributed by atoms with Gasteiger partial charge in [0.1, 0.15) is 0 Å². The van der Waals surface area contributed by atoms with E-state index in [-0.39, 0.29) is 0 Å². The highest BCUT2D eigenvalue weighted by atomic mass is 14.5. The van der Waals surface area contributed by atoms with Gasteiger partial charge in [-0.15, -0.1) is 0 Å². The van der Waals surface area contributed by atoms with Gasteiger partial charge in [0.25, 0.3) is 0 Å². The Bertz CT molecular complexity index is 317. The SMILES string of the molecule is CCC1CCc2ccc(N)cc2CC1. The molecule has 1 aromatic carbocycles. The topological polar surface area (TPSA) is 26.0 Å². The summed E-state index contributed by atoms with van der Waals surface area (Å²) in [7, 11) is 0. The lowest BCUT2D eigenvalue weighted by molar-refractivity contribution is 0.450. The molecule has 0 heterocycles. The first-order valence-electron chi connectivity index (χ1n) is 5.67. The smallest absolute Gasteiger partial charge is 0.0316 e. The maximum Gasteiger partial charge on any atom is 0.0316 e. The lowest BCUT2D eigenvalue weighted by Crippen LogP contribution is -1.97. The number of hydrogen-bond acceptors (Lipinski definition) is 1. The zero-order chi connectivity index (χ0) is 9.97. The molecule has 0 aromatic heterocycles. The summed E-state index contributed by atoms with van der Waals surface area (Å²) in [6.07, 6.45) is 6.48. The van der Waals surface area contributed by atoms with E-state index in [4.69, 9.17) is 5.73 Å². The van der Waals surface area contributed by atoms with Crippen molar-refractivity contribution in [1.29, 1.82) is 0 Å². The normalized spacial score (nSPS) is 21.4. The molecule has 0 saturated carbocycles. The molecular weight excluding hydrogens is 170 g/mol. The van der Waals surface area contributed by atoms with E-state index >= 15 is 0 Å². The Morgan fingerprint density at radius 1 is 1.21 bits per heavy atom. The van der Waals surface area contributed by atoms with E-state index in [1.165, 1.54) is 43.2 Å². The van der Waals surface area contributed by atoms with E-state index in [0.717, 1.165) is 11.6 Å². The number of anilines is 1. The van der Waals surface area contributed by atoms with Crippen molar-refractivity contribution in [3.05, 3.63) is 29.3 Å². The fourth-order valence-electron chi connectivity index (χ4n) is 2.39. The molecule has 1 unspecified atom stereocenters. The maximum absolute atomic E-state index is 5.80. The molecule has 0 fully saturated rings. The molecule has 1 aliphatic carbocycles. The van der Waals surface area contributed by atoms with Crippen LogP contribution in [-0.2, 0) is 12.8 Å². The average molecular weight is 189 g/mol. The van der Waals surface area contributed by atoms with Gasteiger partial charge in [-0.25, -0.2) is 0 Å². The molecule has 14 heavy (non-hydrogen) atoms. The van der Waals surface area contributed by atoms with Gasteiger partial charge in [0.15, 0.2) is 0 Å². The van der Waals surface area contributed by atoms with E-state index in [9.17, 15) is 0 Å². The molecule has 0 radical (unpaired) electrons. The monoisotopic (exact) mass is 189 g/mol. The molecule has 1 atom stereocenters. The average Bonchev–Trinajstić information content (AvgIpc) is 2.39. The Morgan fingerprint density at radius 2 is 1.93 bits per heavy atom. The number of aryl methyl sites for hydroxylation is 2. The van der Waals surface area contributed by atoms with E-state index in [2.05, 4.69) is 19.1 Å². The van der Waals surface area contributed by atoms with Gasteiger partial charge in [-0.3, -0.25) is 0 Å². The molecule has 1 aliphatic rings. The lowest BCUT2D eigenvalue weighted by Gasteiger charge is -2.08. The van der Waals surface area contributed by atoms with Crippen molar-refractivity contribution in [1.82, 2.24) is 0 Å². The van der Waals surface area contributed by atoms with Gasteiger partial charge < -0.3 is 5.73 Å². The van der Waals surface area contributed by atoms with Gasteiger partial charge >= 0.3 is 0 Å². The highest BCUT2D eigenvalue weighted by Gasteiger charge is 2.14. The molecule has 0 saturated heterocycles. The number of hydrogen-bond donors (Lipinski definition) is 1. The first-order chi connectivity index (χ1) is 6.79. The van der Waals surface area contributed by atoms with Crippen molar-refractivity contribution < 1.29 is 0 Å². The molecule has 0 spiro atoms. The first-order valence-corrected chi connectivity index (χ1v) is 5.67. The molecule has 0 amide bonds. The van der Waals surface area contributed by atoms with Crippen LogP contribution in [0.3, 0.4) is 0 Å². The summed E-state index contributed by atoms with van der Waals surface area (Å²) in [5.41, 5.74) is 9.73. The van der Waals surface area contributed by atoms with Crippen molar-refractivity contribution in [3.8, 4) is 0 Å². The molecule has 1 heteroatoms. The van der Waals surface area contributed by atoms with Gasteiger partial charge in [0, 0.05) is 5.69 Å². The van der Waals surface area contributed by atoms with Crippen LogP contribution in [0, 0.1) is 5.92 Å². The highest BCUT2D eigenvalue weighted by molar-refractivity contribution is 5.45. The number of fused-ring (bicyclic) bond motifs is 1. The van der Waals surface area contributed by atoms with E-state index in [0.29, 0.717) is 0 Å². The van der Waals surface area contributed by atoms with E-state index in [1.807, 2.05) is 6.07 Å². The standard InChI is InChI=1S/C13H19N/c1-2-10-3-5-11-7-8-13(14)9-12(11)6-4-10/h7-10H,2-6,14H2,1H3. The highest BCUT2D eigenvalue weighted by Crippen LogP contribution is 2.27. The lowest BCUT2D eigenvalue weighted by atomic mass is 9.97. The predicted octanol–water partition coefficient (Wildman–Crippen LogP) is 3.17. The van der Waals surface area contributed by atoms with Crippen molar-refractivity contribution in [2.45, 2.75) is 39.0 Å². The summed E-state index contributed by atoms with van der Waals surface area (Å²) in [6, 6.07) is 6.40. The third-order valence-corrected chi connectivity index (χ3v) is 3.45. The van der Waals surface area contributed by atoms with Crippen LogP contribution >= 0.6 is 0 Å². The van der Waals surface area contributed by atoms with Gasteiger partial charge in [-0.05, 0) is 54.9 Å². The largest absolute Gasteiger partial charge is 0.399 e. The first kappa shape index (κ1) is 9.57. The Morgan fingerprint density at radius 3 is 2.64 bits per heavy atom. The molecule has 0 bridgehead atoms. The van der Waals surface area contributed by atoms with Crippen molar-refractivity contribution in [2.24, 2.45) is 5.92 Å². The summed E-state index contributed by atoms with van der Waals surface area (Å²) in [4.78, 5) is 0. The molecular formula is C13H19N. The number of rotatable bonds is 1. The molecule has 1 nitrogen and oxygen atoms in total. The summed E-state index contributed by atoms with van der Waals surface area (Å²) < 4.78 is 0. The predicted molar refractivity (Wildman–Crippen MR) is 61.3 cm³/mol. The van der Waals surface area contributed by atoms with Crippen LogP contribution < -0.4 is 5.73 Å². The molecule has 2 N–H and O–H groups in total. The summed E-state index contributed by atoms with van der Waals surface area (Å²) in [5, 5.41) is 0. The summed E-state index contributed by atoms with van der Waals surface area (Å²) in [5.74, 6) is 0.920.